The molecule has 0 aliphatic carbocycles. The summed E-state index contributed by atoms with van der Waals surface area (Å²) < 4.78 is 5.16. The summed E-state index contributed by atoms with van der Waals surface area (Å²) >= 11 is 0. The maximum absolute atomic E-state index is 8.96. The second kappa shape index (κ2) is 5.77. The first-order valence-corrected chi connectivity index (χ1v) is 5.76. The van der Waals surface area contributed by atoms with E-state index >= 15 is 0 Å². The molecule has 0 bridgehead atoms. The number of nitrogen functional groups attached to an aromatic ring is 1. The van der Waals surface area contributed by atoms with Crippen LogP contribution in [0.15, 0.2) is 18.2 Å². The topological polar surface area (TPSA) is 67.5 Å². The number of aliphatic hydroxyl groups excluding tert-OH is 1. The van der Waals surface area contributed by atoms with E-state index in [1.165, 1.54) is 0 Å². The van der Waals surface area contributed by atoms with Crippen LogP contribution in [0.5, 0.6) is 5.75 Å². The van der Waals surface area contributed by atoms with Gasteiger partial charge in [-0.15, -0.1) is 0 Å². The molecule has 4 nitrogen and oxygen atoms in total. The molecule has 0 saturated carbocycles. The zero-order valence-electron chi connectivity index (χ0n) is 10.8. The standard InChI is InChI=1S/C13H22N2O2/c1-13(2,4-5-16)9-15-11-6-10(14)7-12(8-11)17-3/h6-8,15-16H,4-5,9,14H2,1-3H3. The van der Waals surface area contributed by atoms with Crippen molar-refractivity contribution >= 4 is 11.4 Å². The van der Waals surface area contributed by atoms with Gasteiger partial charge in [0.05, 0.1) is 7.11 Å². The molecule has 0 fully saturated rings. The van der Waals surface area contributed by atoms with Crippen molar-refractivity contribution in [2.24, 2.45) is 5.41 Å². The minimum absolute atomic E-state index is 0.0482. The molecule has 0 aliphatic heterocycles. The molecule has 0 aromatic heterocycles. The summed E-state index contributed by atoms with van der Waals surface area (Å²) in [6.07, 6.45) is 0.763. The van der Waals surface area contributed by atoms with Gasteiger partial charge in [-0.1, -0.05) is 13.8 Å². The highest BCUT2D eigenvalue weighted by Crippen LogP contribution is 2.25. The van der Waals surface area contributed by atoms with Crippen molar-refractivity contribution in [2.45, 2.75) is 20.3 Å². The summed E-state index contributed by atoms with van der Waals surface area (Å²) in [5, 5.41) is 12.3. The minimum atomic E-state index is 0.0482. The Labute approximate surface area is 103 Å². The summed E-state index contributed by atoms with van der Waals surface area (Å²) in [7, 11) is 1.62. The van der Waals surface area contributed by atoms with E-state index in [9.17, 15) is 0 Å². The molecule has 17 heavy (non-hydrogen) atoms. The molecule has 1 rings (SSSR count). The van der Waals surface area contributed by atoms with Crippen LogP contribution in [-0.4, -0.2) is 25.4 Å². The third-order valence-electron chi connectivity index (χ3n) is 2.72. The number of hydrogen-bond acceptors (Lipinski definition) is 4. The van der Waals surface area contributed by atoms with E-state index < -0.39 is 0 Å². The van der Waals surface area contributed by atoms with Crippen LogP contribution in [0.1, 0.15) is 20.3 Å². The fraction of sp³-hybridized carbons (Fsp3) is 0.538. The molecule has 0 spiro atoms. The van der Waals surface area contributed by atoms with Gasteiger partial charge in [0.1, 0.15) is 5.75 Å². The van der Waals surface area contributed by atoms with E-state index in [1.54, 1.807) is 13.2 Å². The Balaban J connectivity index is 2.65. The third kappa shape index (κ3) is 4.53. The lowest BCUT2D eigenvalue weighted by Crippen LogP contribution is -2.24. The molecule has 0 saturated heterocycles. The lowest BCUT2D eigenvalue weighted by atomic mass is 9.89. The Hall–Kier alpha value is -1.42. The summed E-state index contributed by atoms with van der Waals surface area (Å²) in [6.45, 7) is 5.20. The molecule has 0 unspecified atom stereocenters. The van der Waals surface area contributed by atoms with Crippen molar-refractivity contribution < 1.29 is 9.84 Å². The first-order chi connectivity index (χ1) is 7.96. The maximum atomic E-state index is 8.96. The van der Waals surface area contributed by atoms with E-state index in [2.05, 4.69) is 19.2 Å². The van der Waals surface area contributed by atoms with Gasteiger partial charge in [0.25, 0.3) is 0 Å². The highest BCUT2D eigenvalue weighted by Gasteiger charge is 2.16. The molecule has 96 valence electrons. The first-order valence-electron chi connectivity index (χ1n) is 5.76. The van der Waals surface area contributed by atoms with Gasteiger partial charge in [-0.2, -0.15) is 0 Å². The van der Waals surface area contributed by atoms with E-state index in [-0.39, 0.29) is 12.0 Å². The predicted octanol–water partition coefficient (Wildman–Crippen LogP) is 2.10. The molecule has 1 aromatic carbocycles. The van der Waals surface area contributed by atoms with Gasteiger partial charge in [-0.3, -0.25) is 0 Å². The smallest absolute Gasteiger partial charge is 0.122 e. The van der Waals surface area contributed by atoms with Crippen LogP contribution in [0.2, 0.25) is 0 Å². The molecule has 0 amide bonds. The quantitative estimate of drug-likeness (QED) is 0.664. The van der Waals surface area contributed by atoms with E-state index in [0.29, 0.717) is 5.69 Å². The average molecular weight is 238 g/mol. The second-order valence-corrected chi connectivity index (χ2v) is 4.99. The summed E-state index contributed by atoms with van der Waals surface area (Å²) in [5.41, 5.74) is 7.43. The van der Waals surface area contributed by atoms with Crippen LogP contribution in [0.25, 0.3) is 0 Å². The van der Waals surface area contributed by atoms with Crippen molar-refractivity contribution in [1.29, 1.82) is 0 Å². The maximum Gasteiger partial charge on any atom is 0.122 e. The summed E-state index contributed by atoms with van der Waals surface area (Å²) in [6, 6.07) is 5.56. The van der Waals surface area contributed by atoms with Crippen LogP contribution >= 0.6 is 0 Å². The molecule has 4 heteroatoms. The van der Waals surface area contributed by atoms with Crippen LogP contribution in [-0.2, 0) is 0 Å². The van der Waals surface area contributed by atoms with Gasteiger partial charge in [0.15, 0.2) is 0 Å². The molecule has 1 aromatic rings. The monoisotopic (exact) mass is 238 g/mol. The Morgan fingerprint density at radius 1 is 1.35 bits per heavy atom. The van der Waals surface area contributed by atoms with Crippen molar-refractivity contribution in [3.8, 4) is 5.75 Å². The molecular formula is C13H22N2O2. The van der Waals surface area contributed by atoms with Crippen LogP contribution in [0, 0.1) is 5.41 Å². The van der Waals surface area contributed by atoms with Crippen molar-refractivity contribution in [3.05, 3.63) is 18.2 Å². The summed E-state index contributed by atoms with van der Waals surface area (Å²) in [4.78, 5) is 0. The van der Waals surface area contributed by atoms with Gasteiger partial charge >= 0.3 is 0 Å². The lowest BCUT2D eigenvalue weighted by molar-refractivity contribution is 0.220. The lowest BCUT2D eigenvalue weighted by Gasteiger charge is -2.24. The van der Waals surface area contributed by atoms with E-state index in [4.69, 9.17) is 15.6 Å². The zero-order chi connectivity index (χ0) is 12.9. The fourth-order valence-electron chi connectivity index (χ4n) is 1.57. The molecule has 0 heterocycles. The molecule has 0 aliphatic rings. The first kappa shape index (κ1) is 13.6. The third-order valence-corrected chi connectivity index (χ3v) is 2.72. The van der Waals surface area contributed by atoms with Gasteiger partial charge in [0, 0.05) is 36.7 Å². The molecule has 0 atom stereocenters. The number of anilines is 2. The highest BCUT2D eigenvalue weighted by atomic mass is 16.5. The van der Waals surface area contributed by atoms with Crippen molar-refractivity contribution in [3.63, 3.8) is 0 Å². The number of rotatable bonds is 6. The fourth-order valence-corrected chi connectivity index (χ4v) is 1.57. The number of nitrogens with one attached hydrogen (secondary N) is 1. The van der Waals surface area contributed by atoms with Crippen molar-refractivity contribution in [1.82, 2.24) is 0 Å². The Morgan fingerprint density at radius 2 is 2.06 bits per heavy atom. The number of methoxy groups -OCH3 is 1. The summed E-state index contributed by atoms with van der Waals surface area (Å²) in [5.74, 6) is 0.743. The van der Waals surface area contributed by atoms with Gasteiger partial charge in [-0.05, 0) is 17.9 Å². The van der Waals surface area contributed by atoms with Crippen LogP contribution < -0.4 is 15.8 Å². The highest BCUT2D eigenvalue weighted by molar-refractivity contribution is 5.59. The van der Waals surface area contributed by atoms with E-state index in [1.807, 2.05) is 12.1 Å². The van der Waals surface area contributed by atoms with Gasteiger partial charge in [0.2, 0.25) is 0 Å². The van der Waals surface area contributed by atoms with E-state index in [0.717, 1.165) is 24.4 Å². The number of nitrogens with two attached hydrogens (primary N) is 1. The normalized spacial score (nSPS) is 11.3. The van der Waals surface area contributed by atoms with Crippen LogP contribution in [0.4, 0.5) is 11.4 Å². The number of benzene rings is 1. The second-order valence-electron chi connectivity index (χ2n) is 4.99. The Kier molecular flexibility index (Phi) is 4.63. The zero-order valence-corrected chi connectivity index (χ0v) is 10.8. The van der Waals surface area contributed by atoms with Gasteiger partial charge < -0.3 is 20.9 Å². The number of hydrogen-bond donors (Lipinski definition) is 3. The number of ether oxygens (including phenoxy) is 1. The predicted molar refractivity (Wildman–Crippen MR) is 71.4 cm³/mol. The molecular weight excluding hydrogens is 216 g/mol. The van der Waals surface area contributed by atoms with Crippen molar-refractivity contribution in [2.75, 3.05) is 31.3 Å². The Morgan fingerprint density at radius 3 is 2.65 bits per heavy atom. The largest absolute Gasteiger partial charge is 0.497 e. The number of aliphatic hydroxyl groups is 1. The average Bonchev–Trinajstić information content (AvgIpc) is 2.26. The minimum Gasteiger partial charge on any atom is -0.497 e. The molecule has 0 radical (unpaired) electrons. The SMILES string of the molecule is COc1cc(N)cc(NCC(C)(C)CCO)c1. The van der Waals surface area contributed by atoms with Crippen LogP contribution in [0.3, 0.4) is 0 Å². The molecule has 4 N–H and O–H groups in total. The van der Waals surface area contributed by atoms with Gasteiger partial charge in [-0.25, -0.2) is 0 Å². The Bertz CT molecular complexity index is 364.